The number of carbonyl (C=O) groups is 1. The minimum Gasteiger partial charge on any atom is -0.459 e. The van der Waals surface area contributed by atoms with E-state index in [1.54, 1.807) is 6.92 Å². The maximum atomic E-state index is 11.1. The molecule has 2 N–H and O–H groups in total. The third-order valence-electron chi connectivity index (χ3n) is 2.34. The summed E-state index contributed by atoms with van der Waals surface area (Å²) in [5, 5.41) is 0. The van der Waals surface area contributed by atoms with Gasteiger partial charge in [0.2, 0.25) is 0 Å². The average molecular weight is 183 g/mol. The fourth-order valence-corrected chi connectivity index (χ4v) is 1.46. The van der Waals surface area contributed by atoms with Crippen LogP contribution in [-0.4, -0.2) is 18.1 Å². The molecule has 0 unspecified atom stereocenters. The number of rotatable bonds is 2. The van der Waals surface area contributed by atoms with Crippen molar-refractivity contribution in [3.63, 3.8) is 0 Å². The third-order valence-corrected chi connectivity index (χ3v) is 2.34. The highest BCUT2D eigenvalue weighted by atomic mass is 16.5. The van der Waals surface area contributed by atoms with Crippen LogP contribution in [0.4, 0.5) is 0 Å². The van der Waals surface area contributed by atoms with Crippen LogP contribution in [0.5, 0.6) is 0 Å². The Labute approximate surface area is 78.9 Å². The summed E-state index contributed by atoms with van der Waals surface area (Å²) in [6.07, 6.45) is 3.74. The van der Waals surface area contributed by atoms with Crippen LogP contribution >= 0.6 is 0 Å². The molecule has 74 valence electrons. The van der Waals surface area contributed by atoms with Gasteiger partial charge in [-0.25, -0.2) is 4.79 Å². The van der Waals surface area contributed by atoms with Crippen molar-refractivity contribution in [3.8, 4) is 0 Å². The Kier molecular flexibility index (Phi) is 3.48. The molecule has 3 nitrogen and oxygen atoms in total. The summed E-state index contributed by atoms with van der Waals surface area (Å²) < 4.78 is 5.21. The third kappa shape index (κ3) is 3.19. The maximum absolute atomic E-state index is 11.1. The van der Waals surface area contributed by atoms with Gasteiger partial charge in [-0.3, -0.25) is 0 Å². The highest BCUT2D eigenvalue weighted by Crippen LogP contribution is 2.20. The molecule has 0 aromatic rings. The smallest absolute Gasteiger partial charge is 0.333 e. The Bertz CT molecular complexity index is 205. The maximum Gasteiger partial charge on any atom is 0.333 e. The van der Waals surface area contributed by atoms with E-state index in [1.165, 1.54) is 0 Å². The Morgan fingerprint density at radius 3 is 2.38 bits per heavy atom. The van der Waals surface area contributed by atoms with Crippen LogP contribution in [0.15, 0.2) is 12.2 Å². The van der Waals surface area contributed by atoms with E-state index in [0.717, 1.165) is 25.7 Å². The molecule has 0 bridgehead atoms. The predicted octanol–water partition coefficient (Wildman–Crippen LogP) is 1.38. The minimum absolute atomic E-state index is 0.0593. The zero-order chi connectivity index (χ0) is 9.84. The second-order valence-corrected chi connectivity index (χ2v) is 3.72. The normalized spacial score (nSPS) is 28.2. The molecule has 3 heteroatoms. The van der Waals surface area contributed by atoms with E-state index in [0.29, 0.717) is 11.6 Å². The van der Waals surface area contributed by atoms with Gasteiger partial charge < -0.3 is 10.5 Å². The zero-order valence-electron chi connectivity index (χ0n) is 8.08. The number of carbonyl (C=O) groups excluding carboxylic acids is 1. The summed E-state index contributed by atoms with van der Waals surface area (Å²) in [6.45, 7) is 5.20. The molecule has 0 radical (unpaired) electrons. The van der Waals surface area contributed by atoms with E-state index < -0.39 is 0 Å². The molecule has 1 aliphatic rings. The van der Waals surface area contributed by atoms with E-state index in [4.69, 9.17) is 10.5 Å². The molecule has 0 heterocycles. The summed E-state index contributed by atoms with van der Waals surface area (Å²) in [5.74, 6) is -0.277. The molecule has 0 atom stereocenters. The van der Waals surface area contributed by atoms with Gasteiger partial charge in [0.15, 0.2) is 0 Å². The second kappa shape index (κ2) is 4.42. The number of hydrogen-bond donors (Lipinski definition) is 1. The fourth-order valence-electron chi connectivity index (χ4n) is 1.46. The summed E-state index contributed by atoms with van der Waals surface area (Å²) in [6, 6.07) is 0.291. The molecule has 1 rings (SSSR count). The molecule has 1 aliphatic carbocycles. The number of ether oxygens (including phenoxy) is 1. The minimum atomic E-state index is -0.277. The number of hydrogen-bond acceptors (Lipinski definition) is 3. The van der Waals surface area contributed by atoms with Crippen molar-refractivity contribution in [2.45, 2.75) is 44.8 Å². The molecule has 0 aromatic carbocycles. The van der Waals surface area contributed by atoms with Crippen LogP contribution in [0.3, 0.4) is 0 Å². The van der Waals surface area contributed by atoms with E-state index in [2.05, 4.69) is 6.58 Å². The van der Waals surface area contributed by atoms with Gasteiger partial charge in [0.1, 0.15) is 6.10 Å². The SMILES string of the molecule is C=C(C)C(=O)OC1CCC(N)CC1. The quantitative estimate of drug-likeness (QED) is 0.519. The highest BCUT2D eigenvalue weighted by Gasteiger charge is 2.21. The monoisotopic (exact) mass is 183 g/mol. The molecule has 1 fully saturated rings. The first-order valence-electron chi connectivity index (χ1n) is 4.71. The van der Waals surface area contributed by atoms with Crippen molar-refractivity contribution in [2.75, 3.05) is 0 Å². The molecule has 13 heavy (non-hydrogen) atoms. The Balaban J connectivity index is 2.30. The fraction of sp³-hybridized carbons (Fsp3) is 0.700. The summed E-state index contributed by atoms with van der Waals surface area (Å²) >= 11 is 0. The van der Waals surface area contributed by atoms with Crippen molar-refractivity contribution in [2.24, 2.45) is 5.73 Å². The first-order chi connectivity index (χ1) is 6.09. The first-order valence-corrected chi connectivity index (χ1v) is 4.71. The van der Waals surface area contributed by atoms with Crippen molar-refractivity contribution in [1.82, 2.24) is 0 Å². The van der Waals surface area contributed by atoms with Crippen LogP contribution in [0.2, 0.25) is 0 Å². The standard InChI is InChI=1S/C10H17NO2/c1-7(2)10(12)13-9-5-3-8(11)4-6-9/h8-9H,1,3-6,11H2,2H3. The van der Waals surface area contributed by atoms with Gasteiger partial charge in [-0.05, 0) is 32.6 Å². The lowest BCUT2D eigenvalue weighted by Crippen LogP contribution is -2.31. The van der Waals surface area contributed by atoms with Crippen molar-refractivity contribution in [3.05, 3.63) is 12.2 Å². The first kappa shape index (κ1) is 10.3. The van der Waals surface area contributed by atoms with Gasteiger partial charge in [-0.1, -0.05) is 6.58 Å². The zero-order valence-corrected chi connectivity index (χ0v) is 8.08. The lowest BCUT2D eigenvalue weighted by atomic mass is 9.94. The Morgan fingerprint density at radius 1 is 1.38 bits per heavy atom. The summed E-state index contributed by atoms with van der Waals surface area (Å²) in [5.41, 5.74) is 6.20. The van der Waals surface area contributed by atoms with Gasteiger partial charge in [0.05, 0.1) is 0 Å². The highest BCUT2D eigenvalue weighted by molar-refractivity contribution is 5.87. The molecule has 0 amide bonds. The van der Waals surface area contributed by atoms with Crippen molar-refractivity contribution >= 4 is 5.97 Å². The van der Waals surface area contributed by atoms with Crippen LogP contribution < -0.4 is 5.73 Å². The van der Waals surface area contributed by atoms with Gasteiger partial charge >= 0.3 is 5.97 Å². The molecule has 0 aliphatic heterocycles. The molecular weight excluding hydrogens is 166 g/mol. The van der Waals surface area contributed by atoms with E-state index in [-0.39, 0.29) is 12.1 Å². The number of esters is 1. The second-order valence-electron chi connectivity index (χ2n) is 3.72. The Hall–Kier alpha value is -0.830. The van der Waals surface area contributed by atoms with E-state index in [1.807, 2.05) is 0 Å². The largest absolute Gasteiger partial charge is 0.459 e. The van der Waals surface area contributed by atoms with Crippen molar-refractivity contribution < 1.29 is 9.53 Å². The van der Waals surface area contributed by atoms with Crippen LogP contribution in [0.25, 0.3) is 0 Å². The molecule has 0 saturated heterocycles. The molecule has 1 saturated carbocycles. The van der Waals surface area contributed by atoms with Crippen LogP contribution in [-0.2, 0) is 9.53 Å². The van der Waals surface area contributed by atoms with Gasteiger partial charge in [0.25, 0.3) is 0 Å². The van der Waals surface area contributed by atoms with Crippen LogP contribution in [0, 0.1) is 0 Å². The Morgan fingerprint density at radius 2 is 1.92 bits per heavy atom. The summed E-state index contributed by atoms with van der Waals surface area (Å²) in [4.78, 5) is 11.1. The van der Waals surface area contributed by atoms with Gasteiger partial charge in [-0.2, -0.15) is 0 Å². The average Bonchev–Trinajstić information content (AvgIpc) is 2.08. The lowest BCUT2D eigenvalue weighted by Gasteiger charge is -2.25. The van der Waals surface area contributed by atoms with Gasteiger partial charge in [-0.15, -0.1) is 0 Å². The van der Waals surface area contributed by atoms with E-state index >= 15 is 0 Å². The molecule has 0 spiro atoms. The van der Waals surface area contributed by atoms with Crippen LogP contribution in [0.1, 0.15) is 32.6 Å². The van der Waals surface area contributed by atoms with Crippen molar-refractivity contribution in [1.29, 1.82) is 0 Å². The topological polar surface area (TPSA) is 52.3 Å². The number of nitrogens with two attached hydrogens (primary N) is 1. The lowest BCUT2D eigenvalue weighted by molar-refractivity contribution is -0.145. The van der Waals surface area contributed by atoms with Gasteiger partial charge in [0, 0.05) is 11.6 Å². The summed E-state index contributed by atoms with van der Waals surface area (Å²) in [7, 11) is 0. The molecule has 0 aromatic heterocycles. The molecular formula is C10H17NO2. The predicted molar refractivity (Wildman–Crippen MR) is 51.1 cm³/mol. The van der Waals surface area contributed by atoms with E-state index in [9.17, 15) is 4.79 Å².